The van der Waals surface area contributed by atoms with Gasteiger partial charge in [0.15, 0.2) is 0 Å². The minimum absolute atomic E-state index is 0.375. The summed E-state index contributed by atoms with van der Waals surface area (Å²) in [5.74, 6) is -0.718. The lowest BCUT2D eigenvalue weighted by atomic mass is 10.3. The minimum atomic E-state index is -3.00. The van der Waals surface area contributed by atoms with Crippen molar-refractivity contribution in [1.82, 2.24) is 0 Å². The smallest absolute Gasteiger partial charge is 0.316 e. The van der Waals surface area contributed by atoms with Gasteiger partial charge in [-0.2, -0.15) is 8.78 Å². The average Bonchev–Trinajstić information content (AvgIpc) is 2.27. The number of hydrogen-bond acceptors (Lipinski definition) is 2. The predicted molar refractivity (Wildman–Crippen MR) is 52.4 cm³/mol. The van der Waals surface area contributed by atoms with Crippen molar-refractivity contribution in [2.45, 2.75) is 6.43 Å². The van der Waals surface area contributed by atoms with Gasteiger partial charge in [0.1, 0.15) is 5.75 Å². The maximum absolute atomic E-state index is 12.1. The van der Waals surface area contributed by atoms with Crippen LogP contribution in [0.1, 0.15) is 0 Å². The molecule has 5 heteroatoms. The molecule has 0 fully saturated rings. The number of benzene rings is 1. The van der Waals surface area contributed by atoms with Crippen LogP contribution < -0.4 is 9.64 Å². The van der Waals surface area contributed by atoms with Gasteiger partial charge >= 0.3 is 6.43 Å². The Bertz CT molecular complexity index is 355. The van der Waals surface area contributed by atoms with Crippen molar-refractivity contribution in [2.75, 3.05) is 19.1 Å². The van der Waals surface area contributed by atoms with Crippen molar-refractivity contribution in [1.29, 1.82) is 0 Å². The molecular weight excluding hydrogens is 204 g/mol. The van der Waals surface area contributed by atoms with Crippen LogP contribution in [-0.2, 0) is 4.79 Å². The van der Waals surface area contributed by atoms with E-state index >= 15 is 0 Å². The molecule has 0 radical (unpaired) electrons. The molecule has 0 unspecified atom stereocenters. The Morgan fingerprint density at radius 3 is 2.67 bits per heavy atom. The Kier molecular flexibility index (Phi) is 3.60. The van der Waals surface area contributed by atoms with Crippen LogP contribution in [0.5, 0.6) is 5.75 Å². The summed E-state index contributed by atoms with van der Waals surface area (Å²) in [4.78, 5) is 11.9. The Morgan fingerprint density at radius 1 is 1.47 bits per heavy atom. The molecule has 0 aromatic heterocycles. The largest absolute Gasteiger partial charge is 0.497 e. The lowest BCUT2D eigenvalue weighted by Gasteiger charge is -2.17. The summed E-state index contributed by atoms with van der Waals surface area (Å²) in [6, 6.07) is 6.37. The summed E-state index contributed by atoms with van der Waals surface area (Å²) in [7, 11) is 2.76. The molecule has 0 aliphatic rings. The molecule has 0 saturated heterocycles. The van der Waals surface area contributed by atoms with E-state index in [2.05, 4.69) is 0 Å². The number of amides is 1. The van der Waals surface area contributed by atoms with Gasteiger partial charge in [-0.15, -0.1) is 0 Å². The summed E-state index contributed by atoms with van der Waals surface area (Å²) in [5.41, 5.74) is 0.375. The second kappa shape index (κ2) is 4.72. The molecule has 0 saturated carbocycles. The molecule has 1 aromatic rings. The van der Waals surface area contributed by atoms with E-state index in [1.807, 2.05) is 0 Å². The first-order valence-electron chi connectivity index (χ1n) is 4.26. The molecule has 0 aliphatic carbocycles. The van der Waals surface area contributed by atoms with E-state index in [1.165, 1.54) is 20.2 Å². The van der Waals surface area contributed by atoms with Crippen LogP contribution in [0, 0.1) is 0 Å². The molecule has 0 spiro atoms. The first-order valence-corrected chi connectivity index (χ1v) is 4.26. The van der Waals surface area contributed by atoms with Gasteiger partial charge < -0.3 is 9.64 Å². The highest BCUT2D eigenvalue weighted by Gasteiger charge is 2.21. The first-order chi connectivity index (χ1) is 7.06. The molecule has 0 atom stereocenters. The molecule has 1 rings (SSSR count). The number of alkyl halides is 2. The molecule has 0 N–H and O–H groups in total. The molecule has 0 aliphatic heterocycles. The molecule has 15 heavy (non-hydrogen) atoms. The average molecular weight is 215 g/mol. The Labute approximate surface area is 86.3 Å². The van der Waals surface area contributed by atoms with E-state index in [0.29, 0.717) is 11.4 Å². The van der Waals surface area contributed by atoms with Crippen LogP contribution >= 0.6 is 0 Å². The number of carbonyl (C=O) groups is 1. The maximum atomic E-state index is 12.1. The van der Waals surface area contributed by atoms with E-state index in [-0.39, 0.29) is 0 Å². The van der Waals surface area contributed by atoms with Gasteiger partial charge in [0.05, 0.1) is 7.11 Å². The summed E-state index contributed by atoms with van der Waals surface area (Å²) >= 11 is 0. The highest BCUT2D eigenvalue weighted by molar-refractivity contribution is 5.95. The topological polar surface area (TPSA) is 29.5 Å². The number of methoxy groups -OCH3 is 1. The fourth-order valence-electron chi connectivity index (χ4n) is 1.09. The van der Waals surface area contributed by atoms with Crippen molar-refractivity contribution in [3.05, 3.63) is 24.3 Å². The molecule has 1 amide bonds. The number of hydrogen-bond donors (Lipinski definition) is 0. The maximum Gasteiger partial charge on any atom is 0.316 e. The normalized spacial score (nSPS) is 10.2. The number of nitrogens with zero attached hydrogens (tertiary/aromatic N) is 1. The summed E-state index contributed by atoms with van der Waals surface area (Å²) in [5, 5.41) is 0. The lowest BCUT2D eigenvalue weighted by Crippen LogP contribution is -2.31. The van der Waals surface area contributed by atoms with E-state index in [4.69, 9.17) is 4.74 Å². The summed E-state index contributed by atoms with van der Waals surface area (Å²) in [6.45, 7) is 0. The predicted octanol–water partition coefficient (Wildman–Crippen LogP) is 1.92. The van der Waals surface area contributed by atoms with E-state index in [1.54, 1.807) is 18.2 Å². The Morgan fingerprint density at radius 2 is 2.13 bits per heavy atom. The molecule has 0 heterocycles. The Balaban J connectivity index is 2.90. The zero-order chi connectivity index (χ0) is 11.4. The van der Waals surface area contributed by atoms with Crippen molar-refractivity contribution in [2.24, 2.45) is 0 Å². The third-order valence-corrected chi connectivity index (χ3v) is 1.96. The fourth-order valence-corrected chi connectivity index (χ4v) is 1.09. The molecule has 0 bridgehead atoms. The van der Waals surface area contributed by atoms with Crippen molar-refractivity contribution in [3.8, 4) is 5.75 Å². The van der Waals surface area contributed by atoms with Gasteiger partial charge in [-0.1, -0.05) is 6.07 Å². The molecular formula is C10H11F2NO2. The third kappa shape index (κ3) is 2.65. The zero-order valence-corrected chi connectivity index (χ0v) is 8.41. The van der Waals surface area contributed by atoms with Gasteiger partial charge in [0.25, 0.3) is 5.91 Å². The number of anilines is 1. The lowest BCUT2D eigenvalue weighted by molar-refractivity contribution is -0.128. The number of carbonyl (C=O) groups excluding carboxylic acids is 1. The van der Waals surface area contributed by atoms with Crippen LogP contribution in [0.4, 0.5) is 14.5 Å². The van der Waals surface area contributed by atoms with Gasteiger partial charge in [-0.05, 0) is 12.1 Å². The SMILES string of the molecule is COc1cccc(N(C)C(=O)C(F)F)c1. The molecule has 3 nitrogen and oxygen atoms in total. The fraction of sp³-hybridized carbons (Fsp3) is 0.300. The summed E-state index contributed by atoms with van der Waals surface area (Å²) < 4.78 is 29.2. The van der Waals surface area contributed by atoms with Crippen LogP contribution in [0.2, 0.25) is 0 Å². The number of halogens is 2. The van der Waals surface area contributed by atoms with Crippen molar-refractivity contribution < 1.29 is 18.3 Å². The van der Waals surface area contributed by atoms with E-state index < -0.39 is 12.3 Å². The van der Waals surface area contributed by atoms with Gasteiger partial charge in [0, 0.05) is 18.8 Å². The zero-order valence-electron chi connectivity index (χ0n) is 8.41. The van der Waals surface area contributed by atoms with Crippen LogP contribution in [0.15, 0.2) is 24.3 Å². The standard InChI is InChI=1S/C10H11F2NO2/c1-13(10(14)9(11)12)7-4-3-5-8(6-7)15-2/h3-6,9H,1-2H3. The quantitative estimate of drug-likeness (QED) is 0.771. The number of ether oxygens (including phenoxy) is 1. The van der Waals surface area contributed by atoms with Crippen LogP contribution in [-0.4, -0.2) is 26.5 Å². The van der Waals surface area contributed by atoms with E-state index in [9.17, 15) is 13.6 Å². The Hall–Kier alpha value is -1.65. The second-order valence-electron chi connectivity index (χ2n) is 2.90. The van der Waals surface area contributed by atoms with Crippen molar-refractivity contribution >= 4 is 11.6 Å². The second-order valence-corrected chi connectivity index (χ2v) is 2.90. The highest BCUT2D eigenvalue weighted by Crippen LogP contribution is 2.20. The number of rotatable bonds is 3. The van der Waals surface area contributed by atoms with E-state index in [0.717, 1.165) is 4.90 Å². The third-order valence-electron chi connectivity index (χ3n) is 1.96. The highest BCUT2D eigenvalue weighted by atomic mass is 19.3. The van der Waals surface area contributed by atoms with Gasteiger partial charge in [-0.3, -0.25) is 4.79 Å². The van der Waals surface area contributed by atoms with Crippen LogP contribution in [0.25, 0.3) is 0 Å². The monoisotopic (exact) mass is 215 g/mol. The molecule has 82 valence electrons. The van der Waals surface area contributed by atoms with Crippen LogP contribution in [0.3, 0.4) is 0 Å². The van der Waals surface area contributed by atoms with Gasteiger partial charge in [0.2, 0.25) is 0 Å². The summed E-state index contributed by atoms with van der Waals surface area (Å²) in [6.07, 6.45) is -3.00. The van der Waals surface area contributed by atoms with Gasteiger partial charge in [-0.25, -0.2) is 0 Å². The first kappa shape index (κ1) is 11.4. The van der Waals surface area contributed by atoms with Crippen molar-refractivity contribution in [3.63, 3.8) is 0 Å². The minimum Gasteiger partial charge on any atom is -0.497 e. The molecule has 1 aromatic carbocycles.